The quantitative estimate of drug-likeness (QED) is 0.613. The molecule has 2 aliphatic rings. The van der Waals surface area contributed by atoms with Crippen LogP contribution >= 0.6 is 0 Å². The first-order chi connectivity index (χ1) is 18.4. The van der Waals surface area contributed by atoms with Gasteiger partial charge in [-0.25, -0.2) is 4.79 Å². The van der Waals surface area contributed by atoms with Crippen LogP contribution in [0, 0.1) is 0 Å². The number of aliphatic hydroxyl groups is 1. The van der Waals surface area contributed by atoms with Crippen molar-refractivity contribution in [3.63, 3.8) is 0 Å². The number of aliphatic hydroxyl groups excluding tert-OH is 1. The largest absolute Gasteiger partial charge is 0.497 e. The molecule has 2 aliphatic heterocycles. The fraction of sp³-hybridized carbons (Fsp3) is 0.607. The highest BCUT2D eigenvalue weighted by Gasteiger charge is 2.37. The third-order valence-corrected chi connectivity index (χ3v) is 7.52. The van der Waals surface area contributed by atoms with E-state index >= 15 is 0 Å². The highest BCUT2D eigenvalue weighted by Crippen LogP contribution is 2.25. The number of carbonyl (C=O) groups excluding carboxylic acids is 3. The molecule has 2 atom stereocenters. The molecule has 2 unspecified atom stereocenters. The molecule has 4 rings (SSSR count). The number of rotatable bonds is 5. The van der Waals surface area contributed by atoms with Gasteiger partial charge in [0.25, 0.3) is 5.91 Å². The minimum Gasteiger partial charge on any atom is -0.497 e. The number of ether oxygens (including phenoxy) is 2. The molecule has 1 N–H and O–H groups in total. The summed E-state index contributed by atoms with van der Waals surface area (Å²) in [6, 6.07) is 7.10. The SMILES string of the molecule is COc1ccc2cc(C(=O)N3CCN(C(=O)CN4CC(C)N(C(=O)OC(C)(C)C)CC4CO)CC3)n(C)c2c1. The Labute approximate surface area is 229 Å². The molecular formula is C28H41N5O6. The molecule has 0 bridgehead atoms. The number of hydrogen-bond acceptors (Lipinski definition) is 7. The van der Waals surface area contributed by atoms with Crippen LogP contribution in [-0.4, -0.2) is 124 Å². The van der Waals surface area contributed by atoms with Gasteiger partial charge in [-0.3, -0.25) is 14.5 Å². The molecule has 11 nitrogen and oxygen atoms in total. The van der Waals surface area contributed by atoms with Crippen molar-refractivity contribution in [3.05, 3.63) is 30.0 Å². The number of piperazine rings is 2. The maximum absolute atomic E-state index is 13.3. The lowest BCUT2D eigenvalue weighted by Crippen LogP contribution is -2.62. The second kappa shape index (κ2) is 11.4. The van der Waals surface area contributed by atoms with E-state index < -0.39 is 11.7 Å². The Morgan fingerprint density at radius 1 is 1.03 bits per heavy atom. The molecule has 2 aromatic rings. The smallest absolute Gasteiger partial charge is 0.410 e. The molecule has 1 aromatic heterocycles. The highest BCUT2D eigenvalue weighted by molar-refractivity contribution is 5.99. The Kier molecular flexibility index (Phi) is 8.41. The molecule has 3 amide bonds. The molecule has 2 fully saturated rings. The van der Waals surface area contributed by atoms with Crippen LogP contribution in [0.1, 0.15) is 38.2 Å². The van der Waals surface area contributed by atoms with Crippen molar-refractivity contribution in [2.75, 3.05) is 59.5 Å². The van der Waals surface area contributed by atoms with Crippen LogP contribution in [-0.2, 0) is 16.6 Å². The molecule has 1 aromatic carbocycles. The third-order valence-electron chi connectivity index (χ3n) is 7.52. The van der Waals surface area contributed by atoms with Gasteiger partial charge in [0, 0.05) is 63.8 Å². The van der Waals surface area contributed by atoms with Gasteiger partial charge in [0.05, 0.1) is 31.8 Å². The molecule has 0 spiro atoms. The Morgan fingerprint density at radius 2 is 1.69 bits per heavy atom. The zero-order valence-corrected chi connectivity index (χ0v) is 23.8. The van der Waals surface area contributed by atoms with Crippen molar-refractivity contribution in [3.8, 4) is 5.75 Å². The van der Waals surface area contributed by atoms with Gasteiger partial charge >= 0.3 is 6.09 Å². The number of nitrogens with zero attached hydrogens (tertiary/aromatic N) is 5. The van der Waals surface area contributed by atoms with Gasteiger partial charge < -0.3 is 33.8 Å². The van der Waals surface area contributed by atoms with E-state index in [1.54, 1.807) is 21.8 Å². The molecular weight excluding hydrogens is 502 g/mol. The van der Waals surface area contributed by atoms with Gasteiger partial charge in [-0.2, -0.15) is 0 Å². The number of fused-ring (bicyclic) bond motifs is 1. The van der Waals surface area contributed by atoms with E-state index in [-0.39, 0.29) is 37.0 Å². The van der Waals surface area contributed by atoms with Gasteiger partial charge in [0.1, 0.15) is 17.0 Å². The summed E-state index contributed by atoms with van der Waals surface area (Å²) in [5, 5.41) is 11.0. The van der Waals surface area contributed by atoms with E-state index in [1.165, 1.54) is 0 Å². The molecule has 3 heterocycles. The zero-order chi connectivity index (χ0) is 28.5. The van der Waals surface area contributed by atoms with E-state index in [0.29, 0.717) is 45.0 Å². The summed E-state index contributed by atoms with van der Waals surface area (Å²) in [4.78, 5) is 46.3. The summed E-state index contributed by atoms with van der Waals surface area (Å²) in [5.74, 6) is 0.626. The molecule has 214 valence electrons. The topological polar surface area (TPSA) is 108 Å². The van der Waals surface area contributed by atoms with E-state index in [2.05, 4.69) is 0 Å². The van der Waals surface area contributed by atoms with E-state index in [1.807, 2.05) is 68.5 Å². The first-order valence-corrected chi connectivity index (χ1v) is 13.5. The predicted octanol–water partition coefficient (Wildman–Crippen LogP) is 1.77. The number of amides is 3. The lowest BCUT2D eigenvalue weighted by Gasteiger charge is -2.45. The van der Waals surface area contributed by atoms with Crippen molar-refractivity contribution in [2.45, 2.75) is 45.4 Å². The average molecular weight is 544 g/mol. The van der Waals surface area contributed by atoms with Crippen LogP contribution < -0.4 is 4.74 Å². The van der Waals surface area contributed by atoms with Crippen LogP contribution in [0.5, 0.6) is 5.75 Å². The highest BCUT2D eigenvalue weighted by atomic mass is 16.6. The number of benzene rings is 1. The van der Waals surface area contributed by atoms with Crippen LogP contribution in [0.25, 0.3) is 10.9 Å². The minimum absolute atomic E-state index is 0.0461. The average Bonchev–Trinajstić information content (AvgIpc) is 3.22. The minimum atomic E-state index is -0.608. The normalized spacial score (nSPS) is 20.8. The first-order valence-electron chi connectivity index (χ1n) is 13.5. The first kappa shape index (κ1) is 28.7. The van der Waals surface area contributed by atoms with Crippen molar-refractivity contribution in [2.24, 2.45) is 7.05 Å². The summed E-state index contributed by atoms with van der Waals surface area (Å²) in [5.41, 5.74) is 0.912. The fourth-order valence-corrected chi connectivity index (χ4v) is 5.29. The lowest BCUT2D eigenvalue weighted by atomic mass is 10.1. The second-order valence-corrected chi connectivity index (χ2v) is 11.4. The summed E-state index contributed by atoms with van der Waals surface area (Å²) >= 11 is 0. The van der Waals surface area contributed by atoms with Crippen molar-refractivity contribution < 1.29 is 29.0 Å². The van der Waals surface area contributed by atoms with Gasteiger partial charge in [-0.1, -0.05) is 0 Å². The molecule has 11 heteroatoms. The second-order valence-electron chi connectivity index (χ2n) is 11.4. The van der Waals surface area contributed by atoms with Crippen molar-refractivity contribution >= 4 is 28.8 Å². The monoisotopic (exact) mass is 543 g/mol. The van der Waals surface area contributed by atoms with Crippen LogP contribution in [0.3, 0.4) is 0 Å². The fourth-order valence-electron chi connectivity index (χ4n) is 5.29. The number of aromatic nitrogens is 1. The van der Waals surface area contributed by atoms with E-state index in [9.17, 15) is 19.5 Å². The Bertz CT molecular complexity index is 1210. The van der Waals surface area contributed by atoms with E-state index in [4.69, 9.17) is 9.47 Å². The van der Waals surface area contributed by atoms with Crippen molar-refractivity contribution in [1.82, 2.24) is 24.2 Å². The standard InChI is InChI=1S/C28H41N5O6/c1-19-15-32(21(18-34)16-33(19)27(37)39-28(2,3)4)17-25(35)30-9-11-31(12-10-30)26(36)24-13-20-7-8-22(38-6)14-23(20)29(24)5/h7-8,13-14,19,21,34H,9-12,15-18H2,1-6H3. The van der Waals surface area contributed by atoms with Crippen LogP contribution in [0.4, 0.5) is 4.79 Å². The number of hydrogen-bond donors (Lipinski definition) is 1. The maximum Gasteiger partial charge on any atom is 0.410 e. The van der Waals surface area contributed by atoms with Gasteiger partial charge in [-0.05, 0) is 45.9 Å². The Balaban J connectivity index is 1.33. The Morgan fingerprint density at radius 3 is 2.31 bits per heavy atom. The molecule has 0 saturated carbocycles. The lowest BCUT2D eigenvalue weighted by molar-refractivity contribution is -0.135. The maximum atomic E-state index is 13.3. The molecule has 0 aliphatic carbocycles. The molecule has 0 radical (unpaired) electrons. The van der Waals surface area contributed by atoms with Gasteiger partial charge in [0.2, 0.25) is 5.91 Å². The molecule has 2 saturated heterocycles. The number of aryl methyl sites for hydroxylation is 1. The number of carbonyl (C=O) groups is 3. The summed E-state index contributed by atoms with van der Waals surface area (Å²) < 4.78 is 12.7. The van der Waals surface area contributed by atoms with E-state index in [0.717, 1.165) is 16.7 Å². The summed E-state index contributed by atoms with van der Waals surface area (Å²) in [7, 11) is 3.49. The zero-order valence-electron chi connectivity index (χ0n) is 23.8. The predicted molar refractivity (Wildman–Crippen MR) is 147 cm³/mol. The van der Waals surface area contributed by atoms with Gasteiger partial charge in [0.15, 0.2) is 0 Å². The molecule has 39 heavy (non-hydrogen) atoms. The van der Waals surface area contributed by atoms with Crippen LogP contribution in [0.2, 0.25) is 0 Å². The summed E-state index contributed by atoms with van der Waals surface area (Å²) in [6.45, 7) is 9.89. The van der Waals surface area contributed by atoms with Crippen molar-refractivity contribution in [1.29, 1.82) is 0 Å². The van der Waals surface area contributed by atoms with Crippen LogP contribution in [0.15, 0.2) is 24.3 Å². The number of methoxy groups -OCH3 is 1. The van der Waals surface area contributed by atoms with Gasteiger partial charge in [-0.15, -0.1) is 0 Å². The Hall–Kier alpha value is -3.31. The summed E-state index contributed by atoms with van der Waals surface area (Å²) in [6.07, 6.45) is -0.412. The third kappa shape index (κ3) is 6.30.